The first kappa shape index (κ1) is 75.1. The van der Waals surface area contributed by atoms with Crippen molar-refractivity contribution in [3.63, 3.8) is 0 Å². The van der Waals surface area contributed by atoms with E-state index in [4.69, 9.17) is 70.6 Å². The third-order valence-electron chi connectivity index (χ3n) is 20.2. The second-order valence-electron chi connectivity index (χ2n) is 28.1. The van der Waals surface area contributed by atoms with Gasteiger partial charge in [-0.15, -0.1) is 0 Å². The molecule has 0 fully saturated rings. The van der Waals surface area contributed by atoms with E-state index in [0.29, 0.717) is 33.4 Å². The molecule has 0 atom stereocenters. The lowest BCUT2D eigenvalue weighted by atomic mass is 10.1. The van der Waals surface area contributed by atoms with E-state index in [2.05, 4.69) is 109 Å². The van der Waals surface area contributed by atoms with Crippen LogP contribution in [-0.2, 0) is 0 Å². The molecule has 0 saturated heterocycles. The van der Waals surface area contributed by atoms with Gasteiger partial charge in [-0.05, 0) is 142 Å². The van der Waals surface area contributed by atoms with Gasteiger partial charge in [-0.2, -0.15) is 0 Å². The Labute approximate surface area is 693 Å². The largest absolute Gasteiger partial charge is 0.460 e. The molecule has 18 aromatic carbocycles. The lowest BCUT2D eigenvalue weighted by molar-refractivity contribution is 0.442. The van der Waals surface area contributed by atoms with Crippen molar-refractivity contribution in [3.8, 4) is 34.5 Å². The normalized spacial score (nSPS) is 16.1. The Morgan fingerprint density at radius 2 is 0.300 bits per heavy atom. The van der Waals surface area contributed by atoms with Crippen LogP contribution in [0.4, 0.5) is 34.1 Å². The van der Waals surface area contributed by atoms with Gasteiger partial charge in [-0.3, -0.25) is 30.0 Å². The summed E-state index contributed by atoms with van der Waals surface area (Å²) in [5.74, 6) is 1.49. The maximum absolute atomic E-state index is 7.99. The molecule has 0 radical (unpaired) electrons. The van der Waals surface area contributed by atoms with Crippen molar-refractivity contribution >= 4 is 159 Å². The standard InChI is InChI=1S/C102H72N9O6P3/c1-13-49-85-73(31-1)43-25-55-91(85)103-67-79-37-7-19-61-97(79)112-118(113-98-62-20-8-38-80(98)68-104-92-56-26-44-74-32-2-14-50-86(74)92)109-119(114-99-63-21-9-39-81(99)69-105-93-57-27-45-75-33-3-15-51-87(75)93,115-100-64-22-10-40-82(100)70-106-94-58-28-46-76-34-4-16-52-88(76)94)111-120(110-118,116-101-65-23-11-41-83(101)71-107-95-59-29-47-77-35-5-17-53-89(77)95)117-102-66-24-12-42-84(102)72-108-96-60-30-48-78-36-6-18-54-90(78)96/h1-72H. The van der Waals surface area contributed by atoms with Crippen molar-refractivity contribution in [2.24, 2.45) is 43.5 Å². The highest BCUT2D eigenvalue weighted by Crippen LogP contribution is 2.79. The summed E-state index contributed by atoms with van der Waals surface area (Å²) in [5, 5.41) is 11.8. The van der Waals surface area contributed by atoms with Gasteiger partial charge >= 0.3 is 23.0 Å². The monoisotopic (exact) mass is 1610 g/mol. The Bertz CT molecular complexity index is 6220. The van der Waals surface area contributed by atoms with Crippen molar-refractivity contribution in [1.82, 2.24) is 0 Å². The highest BCUT2D eigenvalue weighted by atomic mass is 31.3. The van der Waals surface area contributed by atoms with Gasteiger partial charge in [0.25, 0.3) is 0 Å². The molecule has 0 aromatic heterocycles. The maximum Gasteiger partial charge on any atom is 0.460 e. The SMILES string of the molecule is C(=Nc1cccc2ccccc12)c1ccccc1OP1(Oc2ccccc2C=Nc2cccc3ccccc23)=NP(Oc2ccccc2C=Nc2cccc3ccccc23)(Oc2ccccc2C=Nc2cccc3ccccc23)=NP(Oc2ccccc2C=Nc2cccc3ccccc23)(Oc2ccccc2C=Nc2cccc3ccccc23)=N1. The first-order valence-electron chi connectivity index (χ1n) is 39.0. The number of rotatable bonds is 24. The summed E-state index contributed by atoms with van der Waals surface area (Å²) in [5.41, 5.74) is 7.51. The van der Waals surface area contributed by atoms with Crippen LogP contribution in [0, 0.1) is 0 Å². The Morgan fingerprint density at radius 1 is 0.158 bits per heavy atom. The molecule has 1 aliphatic heterocycles. The molecule has 0 spiro atoms. The Kier molecular flexibility index (Phi) is 21.3. The van der Waals surface area contributed by atoms with Crippen LogP contribution in [0.1, 0.15) is 33.4 Å². The van der Waals surface area contributed by atoms with Crippen LogP contribution in [-0.4, -0.2) is 37.3 Å². The number of para-hydroxylation sites is 6. The molecule has 120 heavy (non-hydrogen) atoms. The fourth-order valence-electron chi connectivity index (χ4n) is 14.3. The van der Waals surface area contributed by atoms with Crippen LogP contribution in [0.2, 0.25) is 0 Å². The Balaban J connectivity index is 0.908. The molecule has 18 heteroatoms. The molecule has 0 unspecified atom stereocenters. The van der Waals surface area contributed by atoms with Crippen molar-refractivity contribution in [2.75, 3.05) is 0 Å². The highest BCUT2D eigenvalue weighted by Gasteiger charge is 2.50. The van der Waals surface area contributed by atoms with Crippen LogP contribution in [0.3, 0.4) is 0 Å². The van der Waals surface area contributed by atoms with E-state index in [0.717, 1.165) is 98.8 Å². The number of hydrogen-bond acceptors (Lipinski definition) is 15. The van der Waals surface area contributed by atoms with Gasteiger partial charge in [0.2, 0.25) is 0 Å². The summed E-state index contributed by atoms with van der Waals surface area (Å²) in [4.78, 5) is 31.4. The molecule has 0 aliphatic carbocycles. The molecule has 1 heterocycles. The molecule has 18 aromatic rings. The minimum atomic E-state index is -4.87. The number of hydrogen-bond donors (Lipinski definition) is 0. The van der Waals surface area contributed by atoms with Crippen molar-refractivity contribution < 1.29 is 27.1 Å². The van der Waals surface area contributed by atoms with Crippen molar-refractivity contribution in [1.29, 1.82) is 0 Å². The maximum atomic E-state index is 7.99. The minimum absolute atomic E-state index is 0.248. The summed E-state index contributed by atoms with van der Waals surface area (Å²) < 4.78 is 65.9. The van der Waals surface area contributed by atoms with E-state index in [1.54, 1.807) is 37.3 Å². The van der Waals surface area contributed by atoms with Gasteiger partial charge in [-0.1, -0.05) is 305 Å². The lowest BCUT2D eigenvalue weighted by Gasteiger charge is -2.34. The Hall–Kier alpha value is -15.0. The number of fused-ring (bicyclic) bond motifs is 6. The van der Waals surface area contributed by atoms with Gasteiger partial charge < -0.3 is 27.1 Å². The Morgan fingerprint density at radius 3 is 0.475 bits per heavy atom. The van der Waals surface area contributed by atoms with E-state index in [1.807, 2.05) is 291 Å². The number of benzene rings is 18. The lowest BCUT2D eigenvalue weighted by Crippen LogP contribution is -2.13. The highest BCUT2D eigenvalue weighted by molar-refractivity contribution is 7.79. The fourth-order valence-corrected chi connectivity index (χ4v) is 23.5. The zero-order valence-electron chi connectivity index (χ0n) is 64.4. The van der Waals surface area contributed by atoms with Crippen LogP contribution < -0.4 is 27.1 Å². The van der Waals surface area contributed by atoms with Gasteiger partial charge in [0.1, 0.15) is 34.5 Å². The van der Waals surface area contributed by atoms with E-state index in [9.17, 15) is 0 Å². The van der Waals surface area contributed by atoms with Crippen LogP contribution in [0.5, 0.6) is 34.5 Å². The van der Waals surface area contributed by atoms with Crippen molar-refractivity contribution in [3.05, 3.63) is 434 Å². The molecule has 576 valence electrons. The molecule has 0 bridgehead atoms. The van der Waals surface area contributed by atoms with Crippen LogP contribution in [0.15, 0.2) is 444 Å². The van der Waals surface area contributed by atoms with E-state index in [-0.39, 0.29) is 34.5 Å². The molecule has 15 nitrogen and oxygen atoms in total. The second kappa shape index (κ2) is 34.1. The molecular formula is C102H72N9O6P3. The van der Waals surface area contributed by atoms with Gasteiger partial charge in [0.15, 0.2) is 0 Å². The average Bonchev–Trinajstić information content (AvgIpc) is 0.722. The smallest absolute Gasteiger partial charge is 0.413 e. The van der Waals surface area contributed by atoms with Gasteiger partial charge in [0.05, 0.1) is 34.1 Å². The summed E-state index contributed by atoms with van der Waals surface area (Å²) in [6.07, 6.45) is 10.6. The summed E-state index contributed by atoms with van der Waals surface area (Å²) in [6, 6.07) is 130. The topological polar surface area (TPSA) is 167 Å². The van der Waals surface area contributed by atoms with Crippen LogP contribution >= 0.6 is 23.0 Å². The predicted molar refractivity (Wildman–Crippen MR) is 498 cm³/mol. The molecule has 0 N–H and O–H groups in total. The first-order chi connectivity index (χ1) is 59.3. The quantitative estimate of drug-likeness (QED) is 0.0431. The third-order valence-corrected chi connectivity index (χ3v) is 28.2. The molecular weight excluding hydrogens is 1540 g/mol. The zero-order chi connectivity index (χ0) is 80.3. The van der Waals surface area contributed by atoms with E-state index in [1.165, 1.54) is 0 Å². The van der Waals surface area contributed by atoms with E-state index < -0.39 is 23.0 Å². The number of nitrogens with zero attached hydrogens (tertiary/aromatic N) is 9. The molecule has 1 aliphatic rings. The summed E-state index contributed by atoms with van der Waals surface area (Å²) in [7, 11) is -14.6. The van der Waals surface area contributed by atoms with Crippen LogP contribution in [0.25, 0.3) is 64.6 Å². The number of aliphatic imine (C=N–C) groups is 6. The summed E-state index contributed by atoms with van der Waals surface area (Å²) in [6.45, 7) is 0. The van der Waals surface area contributed by atoms with Gasteiger partial charge in [0, 0.05) is 103 Å². The predicted octanol–water partition coefficient (Wildman–Crippen LogP) is 29.7. The molecule has 19 rings (SSSR count). The van der Waals surface area contributed by atoms with E-state index >= 15 is 0 Å². The molecule has 0 amide bonds. The average molecular weight is 1610 g/mol. The van der Waals surface area contributed by atoms with Gasteiger partial charge in [-0.25, -0.2) is 0 Å². The molecule has 0 saturated carbocycles. The summed E-state index contributed by atoms with van der Waals surface area (Å²) >= 11 is 0. The second-order valence-corrected chi connectivity index (χ2v) is 34.2. The minimum Gasteiger partial charge on any atom is -0.413 e. The fraction of sp³-hybridized carbons (Fsp3) is 0. The third kappa shape index (κ3) is 16.5. The van der Waals surface area contributed by atoms with Crippen molar-refractivity contribution in [2.45, 2.75) is 0 Å². The zero-order valence-corrected chi connectivity index (χ0v) is 67.1. The first-order valence-corrected chi connectivity index (χ1v) is 43.6.